The van der Waals surface area contributed by atoms with E-state index in [0.717, 1.165) is 66.4 Å². The van der Waals surface area contributed by atoms with Crippen LogP contribution in [0.25, 0.3) is 22.2 Å². The number of carbonyl (C=O) groups is 2. The Morgan fingerprint density at radius 1 is 1.08 bits per heavy atom. The predicted molar refractivity (Wildman–Crippen MR) is 143 cm³/mol. The molecule has 2 aromatic heterocycles. The topological polar surface area (TPSA) is 78.5 Å². The second-order valence-electron chi connectivity index (χ2n) is 11.9. The quantitative estimate of drug-likeness (QED) is 0.485. The number of rotatable bonds is 3. The number of carbonyl (C=O) groups excluding carboxylic acids is 2. The van der Waals surface area contributed by atoms with E-state index in [1.807, 2.05) is 43.0 Å². The van der Waals surface area contributed by atoms with Crippen LogP contribution in [0.3, 0.4) is 0 Å². The van der Waals surface area contributed by atoms with Crippen molar-refractivity contribution in [3.8, 4) is 11.1 Å². The van der Waals surface area contributed by atoms with Crippen LogP contribution in [0.4, 0.5) is 4.79 Å². The van der Waals surface area contributed by atoms with Crippen molar-refractivity contribution in [2.75, 3.05) is 13.1 Å². The fourth-order valence-corrected chi connectivity index (χ4v) is 5.86. The third kappa shape index (κ3) is 4.60. The normalized spacial score (nSPS) is 19.8. The van der Waals surface area contributed by atoms with Crippen molar-refractivity contribution >= 4 is 23.0 Å². The number of hydrogen-bond acceptors (Lipinski definition) is 4. The molecular weight excluding hydrogens is 464 g/mol. The molecule has 1 atom stereocenters. The Morgan fingerprint density at radius 3 is 2.65 bits per heavy atom. The Kier molecular flexibility index (Phi) is 5.77. The Balaban J connectivity index is 1.43. The number of likely N-dealkylation sites (tertiary alicyclic amines) is 1. The van der Waals surface area contributed by atoms with Gasteiger partial charge in [-0.1, -0.05) is 6.07 Å². The molecule has 6 rings (SSSR count). The molecule has 1 aliphatic carbocycles. The van der Waals surface area contributed by atoms with E-state index in [0.29, 0.717) is 13.1 Å². The molecule has 3 aromatic rings. The van der Waals surface area contributed by atoms with Gasteiger partial charge in [0.05, 0.1) is 6.04 Å². The van der Waals surface area contributed by atoms with Crippen LogP contribution in [-0.2, 0) is 22.5 Å². The summed E-state index contributed by atoms with van der Waals surface area (Å²) in [5.41, 5.74) is 7.32. The first-order chi connectivity index (χ1) is 17.7. The van der Waals surface area contributed by atoms with Crippen LogP contribution >= 0.6 is 0 Å². The molecule has 194 valence electrons. The number of aromatic nitrogens is 2. The van der Waals surface area contributed by atoms with Gasteiger partial charge in [0, 0.05) is 48.9 Å². The maximum Gasteiger partial charge on any atom is 0.410 e. The molecule has 1 N–H and O–H groups in total. The lowest BCUT2D eigenvalue weighted by Crippen LogP contribution is -2.39. The van der Waals surface area contributed by atoms with Crippen molar-refractivity contribution < 1.29 is 14.3 Å². The molecule has 0 radical (unpaired) electrons. The van der Waals surface area contributed by atoms with Crippen LogP contribution in [0, 0.1) is 12.8 Å². The first-order valence-electron chi connectivity index (χ1n) is 13.6. The molecule has 2 aliphatic heterocycles. The number of benzene rings is 1. The molecular formula is C30H36N4O3. The number of hydrogen-bond donors (Lipinski definition) is 1. The van der Waals surface area contributed by atoms with Gasteiger partial charge in [-0.2, -0.15) is 0 Å². The van der Waals surface area contributed by atoms with E-state index < -0.39 is 5.60 Å². The van der Waals surface area contributed by atoms with E-state index in [-0.39, 0.29) is 24.0 Å². The number of aryl methyl sites for hydroxylation is 1. The summed E-state index contributed by atoms with van der Waals surface area (Å²) >= 11 is 0. The third-order valence-corrected chi connectivity index (χ3v) is 7.93. The minimum absolute atomic E-state index is 0.0646. The Bertz CT molecular complexity index is 1380. The van der Waals surface area contributed by atoms with Gasteiger partial charge in [0.15, 0.2) is 0 Å². The van der Waals surface area contributed by atoms with Gasteiger partial charge < -0.3 is 19.5 Å². The highest BCUT2D eigenvalue weighted by Gasteiger charge is 2.38. The highest BCUT2D eigenvalue weighted by molar-refractivity contribution is 5.85. The van der Waals surface area contributed by atoms with Gasteiger partial charge >= 0.3 is 6.09 Å². The van der Waals surface area contributed by atoms with E-state index >= 15 is 0 Å². The smallest absolute Gasteiger partial charge is 0.410 e. The number of H-pyrrole nitrogens is 1. The molecule has 0 bridgehead atoms. The summed E-state index contributed by atoms with van der Waals surface area (Å²) < 4.78 is 5.79. The molecule has 0 unspecified atom stereocenters. The SMILES string of the molecule is Cc1c[nH]c2ncc(-c3cc4c(c([C@@H]5CCCN5C(=O)OC(C)(C)C)c3)CN(C(=O)C3CC3)CC4)cc12. The van der Waals surface area contributed by atoms with Gasteiger partial charge in [-0.25, -0.2) is 9.78 Å². The van der Waals surface area contributed by atoms with Gasteiger partial charge in [0.2, 0.25) is 5.91 Å². The van der Waals surface area contributed by atoms with Crippen LogP contribution in [0.5, 0.6) is 0 Å². The van der Waals surface area contributed by atoms with Crippen molar-refractivity contribution in [1.29, 1.82) is 0 Å². The molecule has 37 heavy (non-hydrogen) atoms. The van der Waals surface area contributed by atoms with Gasteiger partial charge in [0.1, 0.15) is 11.2 Å². The average Bonchev–Trinajstić information content (AvgIpc) is 3.48. The van der Waals surface area contributed by atoms with E-state index in [1.54, 1.807) is 0 Å². The van der Waals surface area contributed by atoms with Crippen LogP contribution < -0.4 is 0 Å². The standard InChI is InChI=1S/C30H36N4O3/c1-18-15-31-27-23(18)14-22(16-32-27)21-12-20-9-11-33(28(35)19-7-8-19)17-25(20)24(13-21)26-6-5-10-34(26)29(36)37-30(2,3)4/h12-16,19,26H,5-11,17H2,1-4H3,(H,31,32)/t26-/m0/s1. The highest BCUT2D eigenvalue weighted by atomic mass is 16.6. The second kappa shape index (κ2) is 8.89. The molecule has 2 amide bonds. The van der Waals surface area contributed by atoms with Crippen molar-refractivity contribution in [3.05, 3.63) is 52.8 Å². The monoisotopic (exact) mass is 500 g/mol. The van der Waals surface area contributed by atoms with Crippen LogP contribution in [0.2, 0.25) is 0 Å². The summed E-state index contributed by atoms with van der Waals surface area (Å²) in [5.74, 6) is 0.491. The van der Waals surface area contributed by atoms with E-state index in [9.17, 15) is 9.59 Å². The van der Waals surface area contributed by atoms with Crippen molar-refractivity contribution in [2.24, 2.45) is 5.92 Å². The first kappa shape index (κ1) is 24.0. The molecule has 7 nitrogen and oxygen atoms in total. The summed E-state index contributed by atoms with van der Waals surface area (Å²) in [5, 5.41) is 1.12. The summed E-state index contributed by atoms with van der Waals surface area (Å²) in [6.45, 7) is 9.86. The van der Waals surface area contributed by atoms with Crippen LogP contribution in [-0.4, -0.2) is 50.5 Å². The third-order valence-electron chi connectivity index (χ3n) is 7.93. The Morgan fingerprint density at radius 2 is 1.89 bits per heavy atom. The zero-order chi connectivity index (χ0) is 25.9. The van der Waals surface area contributed by atoms with Crippen molar-refractivity contribution in [1.82, 2.24) is 19.8 Å². The molecule has 4 heterocycles. The van der Waals surface area contributed by atoms with Crippen molar-refractivity contribution in [3.63, 3.8) is 0 Å². The highest BCUT2D eigenvalue weighted by Crippen LogP contribution is 2.41. The number of ether oxygens (including phenoxy) is 1. The Labute approximate surface area is 218 Å². The Hall–Kier alpha value is -3.35. The lowest BCUT2D eigenvalue weighted by Gasteiger charge is -2.35. The number of fused-ring (bicyclic) bond motifs is 2. The van der Waals surface area contributed by atoms with E-state index in [2.05, 4.69) is 35.1 Å². The number of nitrogens with one attached hydrogen (secondary N) is 1. The summed E-state index contributed by atoms with van der Waals surface area (Å²) in [7, 11) is 0. The molecule has 7 heteroatoms. The maximum absolute atomic E-state index is 13.2. The largest absolute Gasteiger partial charge is 0.444 e. The van der Waals surface area contributed by atoms with Crippen LogP contribution in [0.15, 0.2) is 30.6 Å². The predicted octanol–water partition coefficient (Wildman–Crippen LogP) is 5.91. The minimum atomic E-state index is -0.547. The fraction of sp³-hybridized carbons (Fsp3) is 0.500. The summed E-state index contributed by atoms with van der Waals surface area (Å²) in [6, 6.07) is 6.65. The zero-order valence-corrected chi connectivity index (χ0v) is 22.3. The van der Waals surface area contributed by atoms with Gasteiger partial charge in [-0.15, -0.1) is 0 Å². The molecule has 1 saturated carbocycles. The number of aromatic amines is 1. The van der Waals surface area contributed by atoms with Gasteiger partial charge in [-0.05, 0) is 99.7 Å². The van der Waals surface area contributed by atoms with Crippen LogP contribution in [0.1, 0.15) is 74.8 Å². The summed E-state index contributed by atoms with van der Waals surface area (Å²) in [6.07, 6.45) is 8.32. The van der Waals surface area contributed by atoms with Crippen molar-refractivity contribution in [2.45, 2.75) is 78.0 Å². The lowest BCUT2D eigenvalue weighted by atomic mass is 9.86. The fourth-order valence-electron chi connectivity index (χ4n) is 5.86. The second-order valence-corrected chi connectivity index (χ2v) is 11.9. The number of amides is 2. The lowest BCUT2D eigenvalue weighted by molar-refractivity contribution is -0.133. The molecule has 3 aliphatic rings. The first-order valence-corrected chi connectivity index (χ1v) is 13.6. The number of nitrogens with zero attached hydrogens (tertiary/aromatic N) is 3. The molecule has 0 spiro atoms. The van der Waals surface area contributed by atoms with Gasteiger partial charge in [-0.3, -0.25) is 4.79 Å². The summed E-state index contributed by atoms with van der Waals surface area (Å²) in [4.78, 5) is 38.0. The van der Waals surface area contributed by atoms with E-state index in [1.165, 1.54) is 16.7 Å². The molecule has 1 aromatic carbocycles. The average molecular weight is 501 g/mol. The number of pyridine rings is 1. The minimum Gasteiger partial charge on any atom is -0.444 e. The van der Waals surface area contributed by atoms with Gasteiger partial charge in [0.25, 0.3) is 0 Å². The van der Waals surface area contributed by atoms with E-state index in [4.69, 9.17) is 4.74 Å². The molecule has 1 saturated heterocycles. The molecule has 2 fully saturated rings. The zero-order valence-electron chi connectivity index (χ0n) is 22.3. The maximum atomic E-state index is 13.2.